The van der Waals surface area contributed by atoms with Crippen LogP contribution in [-0.4, -0.2) is 16.3 Å². The molecule has 0 amide bonds. The predicted molar refractivity (Wildman–Crippen MR) is 83.5 cm³/mol. The summed E-state index contributed by atoms with van der Waals surface area (Å²) in [6.07, 6.45) is 5.18. The number of hydrogen-bond donors (Lipinski definition) is 0. The molecule has 2 rings (SSSR count). The first-order chi connectivity index (χ1) is 8.74. The molecule has 0 aromatic heterocycles. The fourth-order valence-electron chi connectivity index (χ4n) is 2.57. The summed E-state index contributed by atoms with van der Waals surface area (Å²) < 4.78 is 6.14. The Bertz CT molecular complexity index is 355. The Morgan fingerprint density at radius 2 is 2.00 bits per heavy atom. The van der Waals surface area contributed by atoms with E-state index in [4.69, 9.17) is 4.74 Å². The average Bonchev–Trinajstić information content (AvgIpc) is 2.42. The van der Waals surface area contributed by atoms with E-state index in [-0.39, 0.29) is 4.32 Å². The molecule has 0 saturated heterocycles. The van der Waals surface area contributed by atoms with Gasteiger partial charge >= 0.3 is 0 Å². The molecule has 0 unspecified atom stereocenters. The molecule has 18 heavy (non-hydrogen) atoms. The van der Waals surface area contributed by atoms with Crippen molar-refractivity contribution in [1.82, 2.24) is 0 Å². The molecule has 2 atom stereocenters. The summed E-state index contributed by atoms with van der Waals surface area (Å²) in [4.78, 5) is 0. The van der Waals surface area contributed by atoms with Gasteiger partial charge < -0.3 is 4.74 Å². The molecule has 1 fully saturated rings. The summed E-state index contributed by atoms with van der Waals surface area (Å²) in [5, 5.41) is 1.01. The van der Waals surface area contributed by atoms with E-state index in [1.807, 2.05) is 6.07 Å². The van der Waals surface area contributed by atoms with Crippen molar-refractivity contribution in [3.63, 3.8) is 0 Å². The van der Waals surface area contributed by atoms with Gasteiger partial charge in [-0.15, -0.1) is 0 Å². The van der Waals surface area contributed by atoms with Crippen LogP contribution in [0.25, 0.3) is 0 Å². The van der Waals surface area contributed by atoms with Crippen LogP contribution in [-0.2, 0) is 11.3 Å². The number of rotatable bonds is 5. The first-order valence-corrected chi connectivity index (χ1v) is 8.52. The second kappa shape index (κ2) is 7.06. The first kappa shape index (κ1) is 14.5. The molecule has 3 heteroatoms. The van der Waals surface area contributed by atoms with Crippen molar-refractivity contribution in [2.24, 2.45) is 5.92 Å². The van der Waals surface area contributed by atoms with Gasteiger partial charge in [0.1, 0.15) is 0 Å². The van der Waals surface area contributed by atoms with Gasteiger partial charge in [-0.05, 0) is 24.3 Å². The molecule has 1 aromatic carbocycles. The zero-order chi connectivity index (χ0) is 12.8. The fourth-order valence-corrected chi connectivity index (χ4v) is 3.95. The lowest BCUT2D eigenvalue weighted by molar-refractivity contribution is 0.0642. The molecule has 0 spiro atoms. The van der Waals surface area contributed by atoms with Gasteiger partial charge in [0.25, 0.3) is 0 Å². The van der Waals surface area contributed by atoms with Crippen LogP contribution in [0.2, 0.25) is 0 Å². The second-order valence-electron chi connectivity index (χ2n) is 5.11. The van der Waals surface area contributed by atoms with E-state index in [9.17, 15) is 0 Å². The number of alkyl halides is 2. The Kier molecular flexibility index (Phi) is 5.71. The quantitative estimate of drug-likeness (QED) is 0.663. The highest BCUT2D eigenvalue weighted by Crippen LogP contribution is 2.42. The normalized spacial score (nSPS) is 28.2. The predicted octanol–water partition coefficient (Wildman–Crippen LogP) is 4.92. The third kappa shape index (κ3) is 3.82. The molecule has 0 bridgehead atoms. The minimum absolute atomic E-state index is 0.238. The number of hydrogen-bond acceptors (Lipinski definition) is 1. The minimum Gasteiger partial charge on any atom is -0.376 e. The molecule has 0 radical (unpaired) electrons. The molecule has 0 heterocycles. The molecule has 1 aliphatic carbocycles. The van der Waals surface area contributed by atoms with Gasteiger partial charge in [-0.2, -0.15) is 0 Å². The third-order valence-corrected chi connectivity index (χ3v) is 6.86. The van der Waals surface area contributed by atoms with Gasteiger partial charge in [-0.3, -0.25) is 0 Å². The van der Waals surface area contributed by atoms with Gasteiger partial charge in [0, 0.05) is 9.65 Å². The van der Waals surface area contributed by atoms with Gasteiger partial charge in [-0.1, -0.05) is 75.0 Å². The summed E-state index contributed by atoms with van der Waals surface area (Å²) in [5.74, 6) is 0.620. The Balaban J connectivity index is 1.82. The van der Waals surface area contributed by atoms with Crippen molar-refractivity contribution in [1.29, 1.82) is 0 Å². The lowest BCUT2D eigenvalue weighted by Gasteiger charge is -2.38. The van der Waals surface area contributed by atoms with Crippen molar-refractivity contribution in [3.05, 3.63) is 35.9 Å². The Hall–Kier alpha value is 0.140. The number of ether oxygens (including phenoxy) is 1. The van der Waals surface area contributed by atoms with Gasteiger partial charge in [0.05, 0.1) is 13.2 Å². The highest BCUT2D eigenvalue weighted by Gasteiger charge is 2.37. The van der Waals surface area contributed by atoms with Crippen molar-refractivity contribution in [3.8, 4) is 0 Å². The number of halogens is 2. The van der Waals surface area contributed by atoms with Crippen LogP contribution in [0.15, 0.2) is 30.3 Å². The highest BCUT2D eigenvalue weighted by molar-refractivity contribution is 9.12. The molecule has 1 aromatic rings. The standard InChI is InChI=1S/C15H20Br2O/c16-12-15(17)9-5-4-8-14(15)11-18-10-13-6-2-1-3-7-13/h1-3,6-7,14H,4-5,8-12H2/t14-,15-/m1/s1. The largest absolute Gasteiger partial charge is 0.376 e. The average molecular weight is 376 g/mol. The minimum atomic E-state index is 0.238. The van der Waals surface area contributed by atoms with E-state index in [1.165, 1.54) is 31.2 Å². The third-order valence-electron chi connectivity index (χ3n) is 3.78. The zero-order valence-corrected chi connectivity index (χ0v) is 13.8. The van der Waals surface area contributed by atoms with E-state index in [1.54, 1.807) is 0 Å². The van der Waals surface area contributed by atoms with Crippen molar-refractivity contribution in [2.75, 3.05) is 11.9 Å². The summed E-state index contributed by atoms with van der Waals surface area (Å²) in [6.45, 7) is 1.58. The monoisotopic (exact) mass is 374 g/mol. The molecular formula is C15H20Br2O. The molecule has 1 nitrogen and oxygen atoms in total. The molecule has 1 saturated carbocycles. The van der Waals surface area contributed by atoms with E-state index in [0.717, 1.165) is 18.5 Å². The topological polar surface area (TPSA) is 9.23 Å². The van der Waals surface area contributed by atoms with Crippen LogP contribution >= 0.6 is 31.9 Å². The Morgan fingerprint density at radius 1 is 1.22 bits per heavy atom. The van der Waals surface area contributed by atoms with Crippen LogP contribution in [0, 0.1) is 5.92 Å². The summed E-state index contributed by atoms with van der Waals surface area (Å²) >= 11 is 7.56. The molecule has 0 N–H and O–H groups in total. The van der Waals surface area contributed by atoms with E-state index in [2.05, 4.69) is 56.1 Å². The van der Waals surface area contributed by atoms with Crippen molar-refractivity contribution in [2.45, 2.75) is 36.6 Å². The summed E-state index contributed by atoms with van der Waals surface area (Å²) in [7, 11) is 0. The van der Waals surface area contributed by atoms with Gasteiger partial charge in [0.15, 0.2) is 0 Å². The maximum Gasteiger partial charge on any atom is 0.0717 e. The lowest BCUT2D eigenvalue weighted by Crippen LogP contribution is -2.39. The van der Waals surface area contributed by atoms with Crippen LogP contribution < -0.4 is 0 Å². The zero-order valence-electron chi connectivity index (χ0n) is 10.6. The maximum absolute atomic E-state index is 5.91. The van der Waals surface area contributed by atoms with Crippen LogP contribution in [0.5, 0.6) is 0 Å². The van der Waals surface area contributed by atoms with Crippen molar-refractivity contribution >= 4 is 31.9 Å². The smallest absolute Gasteiger partial charge is 0.0717 e. The fraction of sp³-hybridized carbons (Fsp3) is 0.600. The molecule has 1 aliphatic rings. The van der Waals surface area contributed by atoms with Crippen LogP contribution in [0.1, 0.15) is 31.2 Å². The Morgan fingerprint density at radius 3 is 2.72 bits per heavy atom. The highest BCUT2D eigenvalue weighted by atomic mass is 79.9. The SMILES string of the molecule is BrC[C@]1(Br)CCCC[C@@H]1COCc1ccccc1. The lowest BCUT2D eigenvalue weighted by atomic mass is 9.81. The molecule has 100 valence electrons. The van der Waals surface area contributed by atoms with Gasteiger partial charge in [-0.25, -0.2) is 0 Å². The maximum atomic E-state index is 5.91. The van der Waals surface area contributed by atoms with Crippen LogP contribution in [0.3, 0.4) is 0 Å². The first-order valence-electron chi connectivity index (χ1n) is 6.61. The van der Waals surface area contributed by atoms with E-state index >= 15 is 0 Å². The van der Waals surface area contributed by atoms with Crippen molar-refractivity contribution < 1.29 is 4.74 Å². The number of benzene rings is 1. The summed E-state index contributed by atoms with van der Waals surface area (Å²) in [5.41, 5.74) is 1.26. The molecular weight excluding hydrogens is 356 g/mol. The Labute approximate surface area is 127 Å². The van der Waals surface area contributed by atoms with E-state index < -0.39 is 0 Å². The van der Waals surface area contributed by atoms with Crippen LogP contribution in [0.4, 0.5) is 0 Å². The summed E-state index contributed by atoms with van der Waals surface area (Å²) in [6, 6.07) is 10.4. The molecule has 0 aliphatic heterocycles. The van der Waals surface area contributed by atoms with E-state index in [0.29, 0.717) is 5.92 Å². The van der Waals surface area contributed by atoms with Gasteiger partial charge in [0.2, 0.25) is 0 Å². The second-order valence-corrected chi connectivity index (χ2v) is 7.25.